The third kappa shape index (κ3) is 3.88. The Balaban J connectivity index is 1.57. The van der Waals surface area contributed by atoms with E-state index in [9.17, 15) is 4.79 Å². The molecule has 0 radical (unpaired) electrons. The van der Waals surface area contributed by atoms with Gasteiger partial charge in [0, 0.05) is 25.2 Å². The van der Waals surface area contributed by atoms with Crippen LogP contribution in [0, 0.1) is 5.92 Å². The molecule has 0 bridgehead atoms. The molecule has 1 fully saturated rings. The molecule has 4 heteroatoms. The van der Waals surface area contributed by atoms with Gasteiger partial charge in [0.25, 0.3) is 5.91 Å². The molecular weight excluding hydrogens is 300 g/mol. The lowest BCUT2D eigenvalue weighted by Crippen LogP contribution is -2.46. The topological polar surface area (TPSA) is 45.5 Å². The number of rotatable bonds is 5. The second-order valence-corrected chi connectivity index (χ2v) is 6.88. The van der Waals surface area contributed by atoms with Crippen LogP contribution < -0.4 is 5.32 Å². The molecule has 2 heterocycles. The summed E-state index contributed by atoms with van der Waals surface area (Å²) in [5.74, 6) is 0.601. The van der Waals surface area contributed by atoms with Crippen LogP contribution in [0.15, 0.2) is 53.3 Å². The summed E-state index contributed by atoms with van der Waals surface area (Å²) >= 11 is 0. The smallest absolute Gasteiger partial charge is 0.257 e. The van der Waals surface area contributed by atoms with Gasteiger partial charge in [0.15, 0.2) is 0 Å². The molecule has 1 saturated heterocycles. The van der Waals surface area contributed by atoms with Gasteiger partial charge in [0.1, 0.15) is 6.26 Å². The first-order valence-corrected chi connectivity index (χ1v) is 8.77. The molecule has 1 aromatic heterocycles. The number of hydrogen-bond acceptors (Lipinski definition) is 3. The summed E-state index contributed by atoms with van der Waals surface area (Å²) in [6.07, 6.45) is 5.05. The van der Waals surface area contributed by atoms with Crippen LogP contribution in [-0.2, 0) is 0 Å². The van der Waals surface area contributed by atoms with Crippen LogP contribution in [0.5, 0.6) is 0 Å². The van der Waals surface area contributed by atoms with Crippen LogP contribution in [0.3, 0.4) is 0 Å². The molecule has 0 spiro atoms. The number of nitrogens with one attached hydrogen (secondary N) is 1. The number of likely N-dealkylation sites (tertiary alicyclic amines) is 1. The van der Waals surface area contributed by atoms with E-state index in [-0.39, 0.29) is 5.91 Å². The summed E-state index contributed by atoms with van der Waals surface area (Å²) in [5, 5.41) is 3.81. The molecule has 24 heavy (non-hydrogen) atoms. The van der Waals surface area contributed by atoms with Crippen molar-refractivity contribution in [1.29, 1.82) is 0 Å². The highest BCUT2D eigenvalue weighted by Gasteiger charge is 2.26. The number of benzene rings is 1. The number of piperidine rings is 1. The molecule has 1 aliphatic heterocycles. The molecule has 0 aliphatic carbocycles. The van der Waals surface area contributed by atoms with Crippen molar-refractivity contribution in [2.24, 2.45) is 5.92 Å². The lowest BCUT2D eigenvalue weighted by molar-refractivity contribution is 0.0698. The number of hydrogen-bond donors (Lipinski definition) is 1. The minimum atomic E-state index is 0.0747. The molecule has 1 amide bonds. The summed E-state index contributed by atoms with van der Waals surface area (Å²) < 4.78 is 5.02. The van der Waals surface area contributed by atoms with Crippen LogP contribution in [0.25, 0.3) is 0 Å². The molecule has 1 atom stereocenters. The van der Waals surface area contributed by atoms with Gasteiger partial charge in [-0.15, -0.1) is 0 Å². The minimum Gasteiger partial charge on any atom is -0.472 e. The third-order valence-electron chi connectivity index (χ3n) is 4.79. The lowest BCUT2D eigenvalue weighted by atomic mass is 9.93. The van der Waals surface area contributed by atoms with E-state index in [1.54, 1.807) is 12.3 Å². The quantitative estimate of drug-likeness (QED) is 0.907. The molecule has 1 aromatic carbocycles. The Kier molecular flexibility index (Phi) is 5.36. The molecule has 1 N–H and O–H groups in total. The van der Waals surface area contributed by atoms with E-state index in [0.717, 1.165) is 25.9 Å². The van der Waals surface area contributed by atoms with Gasteiger partial charge in [-0.2, -0.15) is 0 Å². The van der Waals surface area contributed by atoms with Crippen molar-refractivity contribution in [3.63, 3.8) is 0 Å². The van der Waals surface area contributed by atoms with Crippen molar-refractivity contribution in [3.05, 3.63) is 60.1 Å². The second kappa shape index (κ2) is 7.67. The highest BCUT2D eigenvalue weighted by Crippen LogP contribution is 2.24. The zero-order valence-corrected chi connectivity index (χ0v) is 14.4. The van der Waals surface area contributed by atoms with Gasteiger partial charge in [0.05, 0.1) is 11.8 Å². The maximum absolute atomic E-state index is 12.4. The van der Waals surface area contributed by atoms with E-state index in [2.05, 4.69) is 49.5 Å². The Morgan fingerprint density at radius 1 is 1.17 bits per heavy atom. The van der Waals surface area contributed by atoms with Gasteiger partial charge in [-0.1, -0.05) is 44.2 Å². The number of nitrogens with zero attached hydrogens (tertiary/aromatic N) is 1. The predicted octanol–water partition coefficient (Wildman–Crippen LogP) is 3.87. The maximum Gasteiger partial charge on any atom is 0.257 e. The Hall–Kier alpha value is -2.07. The summed E-state index contributed by atoms with van der Waals surface area (Å²) in [7, 11) is 0. The van der Waals surface area contributed by atoms with Gasteiger partial charge in [-0.25, -0.2) is 0 Å². The van der Waals surface area contributed by atoms with Crippen LogP contribution in [-0.4, -0.2) is 29.9 Å². The van der Waals surface area contributed by atoms with E-state index in [1.807, 2.05) is 4.90 Å². The van der Waals surface area contributed by atoms with E-state index >= 15 is 0 Å². The Morgan fingerprint density at radius 2 is 1.88 bits per heavy atom. The molecule has 0 unspecified atom stereocenters. The highest BCUT2D eigenvalue weighted by molar-refractivity contribution is 5.93. The molecule has 0 saturated carbocycles. The Bertz CT molecular complexity index is 629. The first-order chi connectivity index (χ1) is 11.6. The zero-order chi connectivity index (χ0) is 16.9. The molecular formula is C20H26N2O2. The maximum atomic E-state index is 12.4. The van der Waals surface area contributed by atoms with Crippen LogP contribution in [0.4, 0.5) is 0 Å². The monoisotopic (exact) mass is 326 g/mol. The normalized spacial score (nSPS) is 17.2. The largest absolute Gasteiger partial charge is 0.472 e. The molecule has 128 valence electrons. The average Bonchev–Trinajstić information content (AvgIpc) is 3.15. The lowest BCUT2D eigenvalue weighted by Gasteiger charge is -2.35. The van der Waals surface area contributed by atoms with E-state index < -0.39 is 0 Å². The molecule has 2 aromatic rings. The second-order valence-electron chi connectivity index (χ2n) is 6.88. The van der Waals surface area contributed by atoms with E-state index in [4.69, 9.17) is 4.42 Å². The number of amides is 1. The van der Waals surface area contributed by atoms with Crippen molar-refractivity contribution < 1.29 is 9.21 Å². The zero-order valence-electron chi connectivity index (χ0n) is 14.4. The van der Waals surface area contributed by atoms with Gasteiger partial charge in [0.2, 0.25) is 0 Å². The van der Waals surface area contributed by atoms with E-state index in [1.165, 1.54) is 11.8 Å². The fourth-order valence-corrected chi connectivity index (χ4v) is 3.41. The minimum absolute atomic E-state index is 0.0747. The van der Waals surface area contributed by atoms with Crippen molar-refractivity contribution in [2.75, 3.05) is 13.1 Å². The van der Waals surface area contributed by atoms with Crippen molar-refractivity contribution in [1.82, 2.24) is 10.2 Å². The van der Waals surface area contributed by atoms with Crippen LogP contribution >= 0.6 is 0 Å². The Morgan fingerprint density at radius 3 is 2.46 bits per heavy atom. The number of carbonyl (C=O) groups excluding carboxylic acids is 1. The van der Waals surface area contributed by atoms with Crippen LogP contribution in [0.2, 0.25) is 0 Å². The fourth-order valence-electron chi connectivity index (χ4n) is 3.41. The first kappa shape index (κ1) is 16.8. The average molecular weight is 326 g/mol. The first-order valence-electron chi connectivity index (χ1n) is 8.77. The Labute approximate surface area is 143 Å². The number of carbonyl (C=O) groups is 1. The van der Waals surface area contributed by atoms with Gasteiger partial charge in [-0.3, -0.25) is 4.79 Å². The predicted molar refractivity (Wildman–Crippen MR) is 94.8 cm³/mol. The van der Waals surface area contributed by atoms with Crippen LogP contribution in [0.1, 0.15) is 48.7 Å². The van der Waals surface area contributed by atoms with Crippen molar-refractivity contribution >= 4 is 5.91 Å². The standard InChI is InChI=1S/C20H26N2O2/c1-15(2)19(16-6-4-3-5-7-16)21-18-8-11-22(12-9-18)20(23)17-10-13-24-14-17/h3-7,10,13-15,18-19,21H,8-9,11-12H2,1-2H3/t19-/m0/s1. The van der Waals surface area contributed by atoms with E-state index in [0.29, 0.717) is 23.6 Å². The van der Waals surface area contributed by atoms with Crippen molar-refractivity contribution in [2.45, 2.75) is 38.8 Å². The molecule has 4 nitrogen and oxygen atoms in total. The summed E-state index contributed by atoms with van der Waals surface area (Å²) in [4.78, 5) is 14.3. The summed E-state index contributed by atoms with van der Waals surface area (Å²) in [5.41, 5.74) is 1.98. The number of furan rings is 1. The van der Waals surface area contributed by atoms with Gasteiger partial charge in [-0.05, 0) is 30.4 Å². The molecule has 1 aliphatic rings. The highest BCUT2D eigenvalue weighted by atomic mass is 16.3. The summed E-state index contributed by atoms with van der Waals surface area (Å²) in [6, 6.07) is 13.2. The third-order valence-corrected chi connectivity index (χ3v) is 4.79. The fraction of sp³-hybridized carbons (Fsp3) is 0.450. The molecule has 3 rings (SSSR count). The SMILES string of the molecule is CC(C)[C@H](NC1CCN(C(=O)c2ccoc2)CC1)c1ccccc1. The van der Waals surface area contributed by atoms with Gasteiger partial charge < -0.3 is 14.6 Å². The van der Waals surface area contributed by atoms with Crippen molar-refractivity contribution in [3.8, 4) is 0 Å². The van der Waals surface area contributed by atoms with Gasteiger partial charge >= 0.3 is 0 Å². The summed E-state index contributed by atoms with van der Waals surface area (Å²) in [6.45, 7) is 6.09.